The zero-order valence-corrected chi connectivity index (χ0v) is 31.9. The van der Waals surface area contributed by atoms with Crippen LogP contribution in [-0.4, -0.2) is 110 Å². The van der Waals surface area contributed by atoms with Crippen LogP contribution in [0.15, 0.2) is 17.1 Å². The maximum Gasteiger partial charge on any atom is 0.180 e. The highest BCUT2D eigenvalue weighted by Gasteiger charge is 2.82. The summed E-state index contributed by atoms with van der Waals surface area (Å²) < 4.78 is 6.10. The number of aliphatic imine (C=N–C) groups is 1. The highest BCUT2D eigenvalue weighted by atomic mass is 16.5. The van der Waals surface area contributed by atoms with Crippen molar-refractivity contribution in [1.82, 2.24) is 5.32 Å². The fourth-order valence-corrected chi connectivity index (χ4v) is 14.7. The van der Waals surface area contributed by atoms with E-state index in [1.807, 2.05) is 0 Å². The first-order valence-corrected chi connectivity index (χ1v) is 20.4. The summed E-state index contributed by atoms with van der Waals surface area (Å²) in [7, 11) is 0. The van der Waals surface area contributed by atoms with Gasteiger partial charge in [0.25, 0.3) is 0 Å². The summed E-state index contributed by atoms with van der Waals surface area (Å²) in [6, 6.07) is 0. The lowest BCUT2D eigenvalue weighted by atomic mass is 9.29. The van der Waals surface area contributed by atoms with Gasteiger partial charge in [-0.05, 0) is 124 Å². The Hall–Kier alpha value is -1.28. The Kier molecular flexibility index (Phi) is 8.94. The number of ketones is 1. The molecule has 11 nitrogen and oxygen atoms in total. The summed E-state index contributed by atoms with van der Waals surface area (Å²) in [6.45, 7) is 10.9. The average Bonchev–Trinajstić information content (AvgIpc) is 3.46. The number of aliphatic hydroxyl groups is 6. The largest absolute Gasteiger partial charge is 0.391 e. The number of carbonyl (C=O) groups excluding carboxylic acids is 1. The molecule has 7 aliphatic carbocycles. The second-order valence-electron chi connectivity index (χ2n) is 19.8. The van der Waals surface area contributed by atoms with Crippen molar-refractivity contribution in [3.8, 4) is 0 Å². The first-order valence-electron chi connectivity index (χ1n) is 20.4. The number of nitrogens with one attached hydrogen (secondary N) is 1. The van der Waals surface area contributed by atoms with E-state index in [0.717, 1.165) is 32.2 Å². The summed E-state index contributed by atoms with van der Waals surface area (Å²) in [6.07, 6.45) is 5.95. The monoisotopic (exact) mass is 727 g/mol. The van der Waals surface area contributed by atoms with E-state index in [-0.39, 0.29) is 60.4 Å². The maximum atomic E-state index is 15.3. The molecular formula is C41H65N3O8. The minimum atomic E-state index is -1.60. The molecule has 0 aromatic rings. The molecule has 2 bridgehead atoms. The molecular weight excluding hydrogens is 662 g/mol. The molecule has 9 aliphatic rings. The van der Waals surface area contributed by atoms with Crippen molar-refractivity contribution in [3.63, 3.8) is 0 Å². The van der Waals surface area contributed by atoms with Crippen LogP contribution in [0, 0.1) is 63.1 Å². The van der Waals surface area contributed by atoms with Crippen LogP contribution in [0.3, 0.4) is 0 Å². The van der Waals surface area contributed by atoms with Crippen molar-refractivity contribution < 1.29 is 40.2 Å². The molecule has 19 atom stereocenters. The molecule has 9 N–H and O–H groups in total. The molecule has 2 spiro atoms. The SMILES string of the molecule is C[C@@H]1[C@H]([C@@H](O)[C@](C)(O)[C@@H]2CC[C@]3(O)C4C(=NC[C@H](C)O)C(=O)[C@H]5C[C@@H](O)[C@@H](O)C[C@@]56C[C@]5(C7CCC(N)NC7)C=C[C@@H](C[C@]23C)[C@]46CC5)OC[C@@H]1C. The number of aliphatic hydroxyl groups excluding tert-OH is 4. The number of rotatable bonds is 6. The zero-order valence-electron chi connectivity index (χ0n) is 31.9. The van der Waals surface area contributed by atoms with Gasteiger partial charge in [0, 0.05) is 30.4 Å². The predicted molar refractivity (Wildman–Crippen MR) is 195 cm³/mol. The summed E-state index contributed by atoms with van der Waals surface area (Å²) in [5.41, 5.74) is 0.965. The second kappa shape index (κ2) is 12.4. The number of nitrogens with two attached hydrogens (primary N) is 1. The Morgan fingerprint density at radius 1 is 1.12 bits per heavy atom. The van der Waals surface area contributed by atoms with Gasteiger partial charge in [0.2, 0.25) is 0 Å². The fraction of sp³-hybridized carbons (Fsp3) is 0.902. The Morgan fingerprint density at radius 3 is 2.52 bits per heavy atom. The van der Waals surface area contributed by atoms with Crippen molar-refractivity contribution in [3.05, 3.63) is 12.2 Å². The van der Waals surface area contributed by atoms with E-state index < -0.39 is 75.7 Å². The molecule has 0 aromatic carbocycles. The number of hydrogen-bond donors (Lipinski definition) is 8. The van der Waals surface area contributed by atoms with E-state index in [1.165, 1.54) is 0 Å². The average molecular weight is 728 g/mol. The van der Waals surface area contributed by atoms with E-state index in [0.29, 0.717) is 38.0 Å². The van der Waals surface area contributed by atoms with Crippen molar-refractivity contribution in [1.29, 1.82) is 0 Å². The standard InChI is InChI=1S/C41H65N3O8/c1-21-19-52-33(23(21)3)35(49)37(5,50)29-9-11-41(51)34-31(44-17-22(2)45)32(48)26-14-27(46)28(47)16-39(26)20-38(25-6-7-30(42)43-18-25)10-8-24(15-36(29,41)4)40(34,39)13-12-38/h8,10,21-30,33-35,43,45-47,49-51H,6-7,9,11-20,42H2,1-5H3/t21-,22-,23-,24-,25?,26+,27+,28-,29+,30?,33+,34?,35+,36+,37+,38-,39+,40+,41-/m0/s1. The maximum absolute atomic E-state index is 15.3. The quantitative estimate of drug-likeness (QED) is 0.188. The molecule has 52 heavy (non-hydrogen) atoms. The molecule has 2 heterocycles. The van der Waals surface area contributed by atoms with Gasteiger partial charge in [0.15, 0.2) is 5.78 Å². The van der Waals surface area contributed by atoms with Crippen LogP contribution in [0.5, 0.6) is 0 Å². The van der Waals surface area contributed by atoms with Crippen LogP contribution in [0.4, 0.5) is 0 Å². The summed E-state index contributed by atoms with van der Waals surface area (Å²) in [4.78, 5) is 20.2. The normalized spacial score (nSPS) is 55.7. The molecule has 7 fully saturated rings. The molecule has 2 saturated heterocycles. The number of allylic oxidation sites excluding steroid dienone is 2. The third-order valence-corrected chi connectivity index (χ3v) is 17.5. The third-order valence-electron chi connectivity index (χ3n) is 17.5. The molecule has 9 rings (SSSR count). The first kappa shape index (κ1) is 37.6. The molecule has 0 aromatic heterocycles. The van der Waals surface area contributed by atoms with Crippen molar-refractivity contribution in [2.75, 3.05) is 19.7 Å². The van der Waals surface area contributed by atoms with Gasteiger partial charge in [-0.1, -0.05) is 32.9 Å². The van der Waals surface area contributed by atoms with Crippen LogP contribution in [0.2, 0.25) is 0 Å². The zero-order chi connectivity index (χ0) is 37.4. The molecule has 3 unspecified atom stereocenters. The lowest BCUT2D eigenvalue weighted by molar-refractivity contribution is -0.281. The van der Waals surface area contributed by atoms with Gasteiger partial charge in [0.1, 0.15) is 6.10 Å². The number of hydrogen-bond acceptors (Lipinski definition) is 11. The van der Waals surface area contributed by atoms with Gasteiger partial charge in [0.05, 0.1) is 54.0 Å². The number of piperidine rings is 1. The Labute approximate surface area is 308 Å². The van der Waals surface area contributed by atoms with E-state index in [2.05, 4.69) is 38.2 Å². The molecule has 0 radical (unpaired) electrons. The van der Waals surface area contributed by atoms with Crippen molar-refractivity contribution in [2.24, 2.45) is 73.8 Å². The van der Waals surface area contributed by atoms with Crippen LogP contribution in [0.25, 0.3) is 0 Å². The van der Waals surface area contributed by atoms with Gasteiger partial charge in [-0.3, -0.25) is 9.79 Å². The topological polar surface area (TPSA) is 198 Å². The number of Topliss-reactive ketones (excluding diaryl/α,β-unsaturated/α-hetero) is 1. The lowest BCUT2D eigenvalue weighted by Crippen LogP contribution is -2.78. The molecule has 2 aliphatic heterocycles. The Balaban J connectivity index is 1.31. The summed E-state index contributed by atoms with van der Waals surface area (Å²) in [5.74, 6) is -1.57. The minimum Gasteiger partial charge on any atom is -0.391 e. The van der Waals surface area contributed by atoms with E-state index in [9.17, 15) is 30.6 Å². The number of fused-ring (bicyclic) bond motifs is 3. The van der Waals surface area contributed by atoms with Crippen LogP contribution in [0.1, 0.15) is 98.8 Å². The van der Waals surface area contributed by atoms with E-state index in [1.54, 1.807) is 13.8 Å². The summed E-state index contributed by atoms with van der Waals surface area (Å²) in [5, 5.41) is 75.2. The Morgan fingerprint density at radius 2 is 1.87 bits per heavy atom. The third kappa shape index (κ3) is 4.82. The van der Waals surface area contributed by atoms with E-state index in [4.69, 9.17) is 15.5 Å². The van der Waals surface area contributed by atoms with Gasteiger partial charge < -0.3 is 46.4 Å². The minimum absolute atomic E-state index is 0.0126. The van der Waals surface area contributed by atoms with Gasteiger partial charge in [-0.25, -0.2) is 0 Å². The summed E-state index contributed by atoms with van der Waals surface area (Å²) >= 11 is 0. The molecule has 0 amide bonds. The molecule has 5 saturated carbocycles. The molecule has 292 valence electrons. The predicted octanol–water partition coefficient (Wildman–Crippen LogP) is 2.09. The van der Waals surface area contributed by atoms with Gasteiger partial charge >= 0.3 is 0 Å². The van der Waals surface area contributed by atoms with Crippen LogP contribution in [-0.2, 0) is 9.53 Å². The highest BCUT2D eigenvalue weighted by molar-refractivity contribution is 6.43. The number of carbonyl (C=O) groups is 1. The first-order chi connectivity index (χ1) is 24.4. The highest BCUT2D eigenvalue weighted by Crippen LogP contribution is 2.81. The second-order valence-corrected chi connectivity index (χ2v) is 19.8. The van der Waals surface area contributed by atoms with E-state index >= 15 is 4.79 Å². The molecule has 11 heteroatoms. The van der Waals surface area contributed by atoms with Gasteiger partial charge in [-0.2, -0.15) is 0 Å². The van der Waals surface area contributed by atoms with Crippen molar-refractivity contribution >= 4 is 11.5 Å². The fourth-order valence-electron chi connectivity index (χ4n) is 14.7. The Bertz CT molecular complexity index is 1500. The smallest absolute Gasteiger partial charge is 0.180 e. The lowest BCUT2D eigenvalue weighted by Gasteiger charge is -2.75. The number of ether oxygens (including phenoxy) is 1. The van der Waals surface area contributed by atoms with Crippen LogP contribution >= 0.6 is 0 Å². The van der Waals surface area contributed by atoms with Crippen molar-refractivity contribution in [2.45, 2.75) is 147 Å². The number of nitrogens with zero attached hydrogens (tertiary/aromatic N) is 1. The van der Waals surface area contributed by atoms with Gasteiger partial charge in [-0.15, -0.1) is 0 Å². The van der Waals surface area contributed by atoms with Crippen LogP contribution < -0.4 is 11.1 Å².